The highest BCUT2D eigenvalue weighted by Gasteiger charge is 2.54. The lowest BCUT2D eigenvalue weighted by molar-refractivity contribution is -0.689. The van der Waals surface area contributed by atoms with E-state index < -0.39 is 35.2 Å². The number of amides is 3. The fourth-order valence-electron chi connectivity index (χ4n) is 4.32. The summed E-state index contributed by atoms with van der Waals surface area (Å²) in [6, 6.07) is 10.5. The lowest BCUT2D eigenvalue weighted by Crippen LogP contribution is -2.70. The highest BCUT2D eigenvalue weighted by molar-refractivity contribution is 8.00. The first-order valence-corrected chi connectivity index (χ1v) is 13.1. The third-order valence-electron chi connectivity index (χ3n) is 6.20. The predicted molar refractivity (Wildman–Crippen MR) is 136 cm³/mol. The third kappa shape index (κ3) is 6.02. The quantitative estimate of drug-likeness (QED) is 0.187. The van der Waals surface area contributed by atoms with Crippen molar-refractivity contribution in [1.82, 2.24) is 15.5 Å². The van der Waals surface area contributed by atoms with Crippen molar-refractivity contribution in [2.24, 2.45) is 0 Å². The predicted octanol–water partition coefficient (Wildman–Crippen LogP) is 1.01. The molecule has 0 unspecified atom stereocenters. The van der Waals surface area contributed by atoms with Crippen molar-refractivity contribution >= 4 is 41.4 Å². The molecule has 0 saturated carbocycles. The summed E-state index contributed by atoms with van der Waals surface area (Å²) in [6.45, 7) is 0.650. The number of hydrogen-bond donors (Lipinski definition) is 4. The van der Waals surface area contributed by atoms with Gasteiger partial charge in [-0.05, 0) is 31.0 Å². The van der Waals surface area contributed by atoms with E-state index in [4.69, 9.17) is 5.11 Å². The lowest BCUT2D eigenvalue weighted by Gasteiger charge is -2.49. The maximum absolute atomic E-state index is 12.8. The van der Waals surface area contributed by atoms with E-state index in [0.717, 1.165) is 0 Å². The van der Waals surface area contributed by atoms with Crippen LogP contribution in [0.3, 0.4) is 0 Å². The van der Waals surface area contributed by atoms with E-state index in [1.807, 2.05) is 35.2 Å². The number of nitrogens with zero attached hydrogens (tertiary/aromatic N) is 2. The van der Waals surface area contributed by atoms with Crippen LogP contribution in [0.4, 0.5) is 0 Å². The Kier molecular flexibility index (Phi) is 8.41. The van der Waals surface area contributed by atoms with E-state index >= 15 is 0 Å². The van der Waals surface area contributed by atoms with Gasteiger partial charge in [0.1, 0.15) is 17.1 Å². The van der Waals surface area contributed by atoms with Crippen LogP contribution in [-0.4, -0.2) is 68.5 Å². The van der Waals surface area contributed by atoms with E-state index in [1.54, 1.807) is 0 Å². The van der Waals surface area contributed by atoms with Gasteiger partial charge in [0, 0.05) is 42.0 Å². The smallest absolute Gasteiger partial charge is 0.352 e. The average molecular weight is 540 g/mol. The number of benzene rings is 1. The number of fused-ring (bicyclic) bond motifs is 1. The van der Waals surface area contributed by atoms with E-state index in [0.29, 0.717) is 37.3 Å². The van der Waals surface area contributed by atoms with Crippen molar-refractivity contribution in [1.29, 1.82) is 0 Å². The monoisotopic (exact) mass is 539 g/mol. The standard InChI is InChI=1S/C26H26N4O7S/c31-19(9-2-3-10-27-22(32)16-7-6-8-17(13-16)25(34)35)28-20-23(33)30-21(26(36)37)18(15-38-24(20)30)14-29-11-4-1-5-12-29/h1,4-8,11-13,20,24H,2-3,9-10,14-15H2,(H3-,27,28,31,32,34,35,36,37)/p+1/t20-,24+/m1/s1. The molecular formula is C26H27N4O7S+. The minimum atomic E-state index is -1.17. The topological polar surface area (TPSA) is 157 Å². The molecule has 3 heterocycles. The number of unbranched alkanes of at least 4 members (excludes halogenated alkanes) is 1. The number of thioether (sulfide) groups is 1. The number of hydrogen-bond acceptors (Lipinski definition) is 6. The zero-order valence-corrected chi connectivity index (χ0v) is 21.1. The molecule has 0 radical (unpaired) electrons. The number of β-lactam (4-membered cyclic amide) rings is 1. The Morgan fingerprint density at radius 3 is 2.45 bits per heavy atom. The molecule has 1 fully saturated rings. The molecule has 4 N–H and O–H groups in total. The van der Waals surface area contributed by atoms with Crippen molar-refractivity contribution in [2.45, 2.75) is 37.2 Å². The number of pyridine rings is 1. The molecular weight excluding hydrogens is 512 g/mol. The van der Waals surface area contributed by atoms with E-state index in [1.165, 1.54) is 40.9 Å². The van der Waals surface area contributed by atoms with Crippen molar-refractivity contribution in [3.63, 3.8) is 0 Å². The Morgan fingerprint density at radius 1 is 1.00 bits per heavy atom. The number of rotatable bonds is 11. The first-order valence-electron chi connectivity index (χ1n) is 12.0. The van der Waals surface area contributed by atoms with E-state index in [9.17, 15) is 29.1 Å². The molecule has 0 bridgehead atoms. The molecule has 2 aliphatic heterocycles. The first kappa shape index (κ1) is 26.9. The van der Waals surface area contributed by atoms with Gasteiger partial charge in [-0.1, -0.05) is 12.1 Å². The van der Waals surface area contributed by atoms with E-state index in [-0.39, 0.29) is 29.2 Å². The summed E-state index contributed by atoms with van der Waals surface area (Å²) in [7, 11) is 0. The number of aliphatic carboxylic acids is 1. The molecule has 3 amide bonds. The summed E-state index contributed by atoms with van der Waals surface area (Å²) in [5.74, 6) is -3.03. The van der Waals surface area contributed by atoms with Crippen LogP contribution in [0.1, 0.15) is 40.0 Å². The Hall–Kier alpha value is -4.19. The molecule has 0 aliphatic carbocycles. The Morgan fingerprint density at radius 2 is 1.74 bits per heavy atom. The molecule has 2 aromatic rings. The van der Waals surface area contributed by atoms with Gasteiger partial charge in [-0.3, -0.25) is 19.3 Å². The molecule has 1 saturated heterocycles. The van der Waals surface area contributed by atoms with Crippen molar-refractivity contribution < 1.29 is 38.8 Å². The number of carbonyl (C=O) groups excluding carboxylic acids is 3. The van der Waals surface area contributed by atoms with Crippen LogP contribution >= 0.6 is 11.8 Å². The summed E-state index contributed by atoms with van der Waals surface area (Å²) in [5, 5.41) is 23.8. The van der Waals surface area contributed by atoms with Gasteiger partial charge in [0.15, 0.2) is 18.9 Å². The molecule has 1 aromatic heterocycles. The van der Waals surface area contributed by atoms with Crippen LogP contribution in [0.25, 0.3) is 0 Å². The molecule has 4 rings (SSSR count). The van der Waals surface area contributed by atoms with Crippen LogP contribution < -0.4 is 15.2 Å². The minimum Gasteiger partial charge on any atom is -0.478 e. The zero-order valence-electron chi connectivity index (χ0n) is 20.3. The van der Waals surface area contributed by atoms with Gasteiger partial charge in [0.2, 0.25) is 5.91 Å². The van der Waals surface area contributed by atoms with Gasteiger partial charge in [-0.15, -0.1) is 11.8 Å². The van der Waals surface area contributed by atoms with Gasteiger partial charge in [-0.2, -0.15) is 0 Å². The molecule has 1 aromatic carbocycles. The van der Waals surface area contributed by atoms with E-state index in [2.05, 4.69) is 10.6 Å². The molecule has 2 aliphatic rings. The summed E-state index contributed by atoms with van der Waals surface area (Å²) in [4.78, 5) is 61.7. The lowest BCUT2D eigenvalue weighted by atomic mass is 10.0. The number of aromatic nitrogens is 1. The first-order chi connectivity index (χ1) is 18.3. The maximum Gasteiger partial charge on any atom is 0.352 e. The fraction of sp³-hybridized carbons (Fsp3) is 0.308. The molecule has 38 heavy (non-hydrogen) atoms. The SMILES string of the molecule is O=C(CCCCNC(=O)c1cccc(C(=O)O)c1)N[C@@H]1C(=O)N2C(C(=O)O)=C(C[n+]3ccccc3)CS[C@@H]12. The van der Waals surface area contributed by atoms with Gasteiger partial charge in [-0.25, -0.2) is 14.2 Å². The van der Waals surface area contributed by atoms with Crippen LogP contribution in [0.5, 0.6) is 0 Å². The fourth-order valence-corrected chi connectivity index (χ4v) is 5.65. The largest absolute Gasteiger partial charge is 0.478 e. The maximum atomic E-state index is 12.8. The van der Waals surface area contributed by atoms with Crippen LogP contribution in [0, 0.1) is 0 Å². The highest BCUT2D eigenvalue weighted by atomic mass is 32.2. The third-order valence-corrected chi connectivity index (χ3v) is 7.54. The van der Waals surface area contributed by atoms with Crippen molar-refractivity contribution in [3.8, 4) is 0 Å². The van der Waals surface area contributed by atoms with Crippen molar-refractivity contribution in [2.75, 3.05) is 12.3 Å². The second kappa shape index (κ2) is 11.9. The average Bonchev–Trinajstić information content (AvgIpc) is 2.91. The zero-order chi connectivity index (χ0) is 27.2. The minimum absolute atomic E-state index is 0.0202. The molecule has 12 heteroatoms. The van der Waals surface area contributed by atoms with Gasteiger partial charge in [0.05, 0.1) is 5.56 Å². The number of carbonyl (C=O) groups is 5. The van der Waals surface area contributed by atoms with Gasteiger partial charge < -0.3 is 20.8 Å². The number of aromatic carboxylic acids is 1. The van der Waals surface area contributed by atoms with Crippen LogP contribution in [0.2, 0.25) is 0 Å². The molecule has 0 spiro atoms. The second-order valence-electron chi connectivity index (χ2n) is 8.86. The van der Waals surface area contributed by atoms with Gasteiger partial charge in [0.25, 0.3) is 11.8 Å². The Labute approximate surface area is 222 Å². The summed E-state index contributed by atoms with van der Waals surface area (Å²) >= 11 is 1.42. The van der Waals surface area contributed by atoms with Crippen molar-refractivity contribution in [3.05, 3.63) is 77.3 Å². The van der Waals surface area contributed by atoms with Crippen LogP contribution in [-0.2, 0) is 20.9 Å². The second-order valence-corrected chi connectivity index (χ2v) is 9.96. The summed E-state index contributed by atoms with van der Waals surface area (Å²) in [6.07, 6.45) is 4.76. The summed E-state index contributed by atoms with van der Waals surface area (Å²) in [5.41, 5.74) is 0.864. The number of carboxylic acid groups (broad SMARTS) is 2. The Balaban J connectivity index is 1.23. The normalized spacial score (nSPS) is 18.3. The molecule has 198 valence electrons. The Bertz CT molecular complexity index is 1300. The molecule has 2 atom stereocenters. The molecule has 11 nitrogen and oxygen atoms in total. The summed E-state index contributed by atoms with van der Waals surface area (Å²) < 4.78 is 1.85. The van der Waals surface area contributed by atoms with Crippen LogP contribution in [0.15, 0.2) is 66.1 Å². The number of carboxylic acids is 2. The highest BCUT2D eigenvalue weighted by Crippen LogP contribution is 2.40. The number of nitrogens with one attached hydrogen (secondary N) is 2. The van der Waals surface area contributed by atoms with Gasteiger partial charge >= 0.3 is 11.9 Å².